The molecule has 1 rings (SSSR count). The summed E-state index contributed by atoms with van der Waals surface area (Å²) in [6.07, 6.45) is 4.64. The van der Waals surface area contributed by atoms with Gasteiger partial charge in [0.25, 0.3) is 0 Å². The molecule has 0 aliphatic heterocycles. The third-order valence-electron chi connectivity index (χ3n) is 2.70. The van der Waals surface area contributed by atoms with Crippen LogP contribution in [0.3, 0.4) is 0 Å². The van der Waals surface area contributed by atoms with Gasteiger partial charge in [0, 0.05) is 6.42 Å². The molecule has 4 N–H and O–H groups in total. The van der Waals surface area contributed by atoms with E-state index in [0.717, 1.165) is 19.3 Å². The van der Waals surface area contributed by atoms with Crippen molar-refractivity contribution in [3.63, 3.8) is 0 Å². The van der Waals surface area contributed by atoms with E-state index in [2.05, 4.69) is 0 Å². The van der Waals surface area contributed by atoms with E-state index in [9.17, 15) is 9.90 Å². The first-order valence-corrected chi connectivity index (χ1v) is 4.74. The number of aliphatic carboxylic acids is 1. The molecule has 1 saturated carbocycles. The van der Waals surface area contributed by atoms with Crippen LogP contribution in [0.25, 0.3) is 0 Å². The predicted octanol–water partition coefficient (Wildman–Crippen LogP) is 0.484. The average Bonchev–Trinajstić information content (AvgIpc) is 2.04. The first-order valence-electron chi connectivity index (χ1n) is 4.74. The topological polar surface area (TPSA) is 83.5 Å². The van der Waals surface area contributed by atoms with Crippen molar-refractivity contribution in [2.75, 3.05) is 0 Å². The fourth-order valence-electron chi connectivity index (χ4n) is 1.91. The summed E-state index contributed by atoms with van der Waals surface area (Å²) in [6, 6.07) is -0.928. The van der Waals surface area contributed by atoms with Crippen LogP contribution in [0.5, 0.6) is 0 Å². The van der Waals surface area contributed by atoms with Crippen LogP contribution in [0.2, 0.25) is 0 Å². The number of hydrogen-bond acceptors (Lipinski definition) is 3. The van der Waals surface area contributed by atoms with E-state index in [1.54, 1.807) is 0 Å². The molecule has 0 saturated heterocycles. The van der Waals surface area contributed by atoms with E-state index >= 15 is 0 Å². The Labute approximate surface area is 77.7 Å². The third-order valence-corrected chi connectivity index (χ3v) is 2.70. The first-order chi connectivity index (χ1) is 6.03. The van der Waals surface area contributed by atoms with Gasteiger partial charge in [-0.2, -0.15) is 0 Å². The highest BCUT2D eigenvalue weighted by molar-refractivity contribution is 5.73. The maximum absolute atomic E-state index is 10.5. The summed E-state index contributed by atoms with van der Waals surface area (Å²) >= 11 is 0. The van der Waals surface area contributed by atoms with Crippen molar-refractivity contribution in [2.45, 2.75) is 50.2 Å². The van der Waals surface area contributed by atoms with E-state index in [1.165, 1.54) is 0 Å². The molecular weight excluding hydrogens is 170 g/mol. The third kappa shape index (κ3) is 2.97. The number of carbonyl (C=O) groups is 1. The minimum atomic E-state index is -1.03. The normalized spacial score (nSPS) is 23.8. The Morgan fingerprint density at radius 1 is 1.38 bits per heavy atom. The predicted molar refractivity (Wildman–Crippen MR) is 48.3 cm³/mol. The lowest BCUT2D eigenvalue weighted by Crippen LogP contribution is -2.42. The van der Waals surface area contributed by atoms with E-state index in [1.807, 2.05) is 0 Å². The van der Waals surface area contributed by atoms with Crippen molar-refractivity contribution >= 4 is 5.97 Å². The molecule has 4 heteroatoms. The molecule has 0 spiro atoms. The van der Waals surface area contributed by atoms with Gasteiger partial charge in [-0.1, -0.05) is 19.3 Å². The average molecular weight is 187 g/mol. The van der Waals surface area contributed by atoms with Gasteiger partial charge in [0.1, 0.15) is 6.04 Å². The molecule has 76 valence electrons. The number of hydrogen-bond donors (Lipinski definition) is 3. The lowest BCUT2D eigenvalue weighted by molar-refractivity contribution is -0.140. The maximum atomic E-state index is 10.5. The molecule has 1 aliphatic rings. The molecular formula is C9H17NO3. The van der Waals surface area contributed by atoms with Crippen molar-refractivity contribution in [1.82, 2.24) is 0 Å². The van der Waals surface area contributed by atoms with Crippen molar-refractivity contribution in [3.8, 4) is 0 Å². The molecule has 0 aromatic heterocycles. The zero-order chi connectivity index (χ0) is 9.90. The van der Waals surface area contributed by atoms with Gasteiger partial charge in [-0.15, -0.1) is 0 Å². The molecule has 13 heavy (non-hydrogen) atoms. The van der Waals surface area contributed by atoms with E-state index in [-0.39, 0.29) is 6.42 Å². The standard InChI is InChI=1S/C9H17NO3/c10-7(8(11)12)6-9(13)4-2-1-3-5-9/h7,13H,1-6,10H2,(H,11,12)/t7-/m1/s1. The Morgan fingerprint density at radius 2 is 1.92 bits per heavy atom. The maximum Gasteiger partial charge on any atom is 0.320 e. The molecule has 0 aromatic rings. The molecule has 0 heterocycles. The molecule has 0 bridgehead atoms. The zero-order valence-corrected chi connectivity index (χ0v) is 7.70. The van der Waals surface area contributed by atoms with Crippen molar-refractivity contribution in [1.29, 1.82) is 0 Å². The van der Waals surface area contributed by atoms with Gasteiger partial charge in [0.05, 0.1) is 5.60 Å². The Hall–Kier alpha value is -0.610. The molecule has 1 atom stereocenters. The summed E-state index contributed by atoms with van der Waals surface area (Å²) in [5, 5.41) is 18.5. The summed E-state index contributed by atoms with van der Waals surface area (Å²) in [6.45, 7) is 0. The highest BCUT2D eigenvalue weighted by atomic mass is 16.4. The van der Waals surface area contributed by atoms with E-state index in [4.69, 9.17) is 10.8 Å². The summed E-state index contributed by atoms with van der Waals surface area (Å²) in [7, 11) is 0. The highest BCUT2D eigenvalue weighted by Gasteiger charge is 2.32. The Bertz CT molecular complexity index is 187. The van der Waals surface area contributed by atoms with Crippen LogP contribution >= 0.6 is 0 Å². The van der Waals surface area contributed by atoms with Crippen LogP contribution in [0.1, 0.15) is 38.5 Å². The van der Waals surface area contributed by atoms with Crippen molar-refractivity contribution < 1.29 is 15.0 Å². The summed E-state index contributed by atoms with van der Waals surface area (Å²) in [4.78, 5) is 10.5. The molecule has 0 aromatic carbocycles. The second-order valence-electron chi connectivity index (χ2n) is 3.93. The van der Waals surface area contributed by atoms with Crippen LogP contribution in [0, 0.1) is 0 Å². The molecule has 4 nitrogen and oxygen atoms in total. The van der Waals surface area contributed by atoms with Gasteiger partial charge in [0.15, 0.2) is 0 Å². The van der Waals surface area contributed by atoms with Gasteiger partial charge in [0.2, 0.25) is 0 Å². The second kappa shape index (κ2) is 4.07. The van der Waals surface area contributed by atoms with Gasteiger partial charge in [-0.05, 0) is 12.8 Å². The zero-order valence-electron chi connectivity index (χ0n) is 7.70. The second-order valence-corrected chi connectivity index (χ2v) is 3.93. The number of rotatable bonds is 3. The summed E-state index contributed by atoms with van der Waals surface area (Å²) in [5.74, 6) is -1.03. The van der Waals surface area contributed by atoms with Crippen LogP contribution in [-0.2, 0) is 4.79 Å². The SMILES string of the molecule is N[C@H](CC1(O)CCCCC1)C(=O)O. The van der Waals surface area contributed by atoms with Gasteiger partial charge in [-0.3, -0.25) is 4.79 Å². The van der Waals surface area contributed by atoms with Crippen LogP contribution < -0.4 is 5.73 Å². The lowest BCUT2D eigenvalue weighted by atomic mass is 9.80. The van der Waals surface area contributed by atoms with Crippen molar-refractivity contribution in [2.24, 2.45) is 5.73 Å². The fraction of sp³-hybridized carbons (Fsp3) is 0.889. The lowest BCUT2D eigenvalue weighted by Gasteiger charge is -2.33. The van der Waals surface area contributed by atoms with Crippen LogP contribution in [0.15, 0.2) is 0 Å². The van der Waals surface area contributed by atoms with E-state index < -0.39 is 17.6 Å². The van der Waals surface area contributed by atoms with Crippen LogP contribution in [0.4, 0.5) is 0 Å². The number of aliphatic hydroxyl groups is 1. The smallest absolute Gasteiger partial charge is 0.320 e. The first kappa shape index (κ1) is 10.5. The quantitative estimate of drug-likeness (QED) is 0.600. The van der Waals surface area contributed by atoms with Crippen LogP contribution in [-0.4, -0.2) is 27.8 Å². The fourth-order valence-corrected chi connectivity index (χ4v) is 1.91. The van der Waals surface area contributed by atoms with Gasteiger partial charge < -0.3 is 15.9 Å². The molecule has 1 aliphatic carbocycles. The molecule has 1 fully saturated rings. The van der Waals surface area contributed by atoms with E-state index in [0.29, 0.717) is 12.8 Å². The minimum Gasteiger partial charge on any atom is -0.480 e. The number of carboxylic acid groups (broad SMARTS) is 1. The monoisotopic (exact) mass is 187 g/mol. The van der Waals surface area contributed by atoms with Gasteiger partial charge in [-0.25, -0.2) is 0 Å². The van der Waals surface area contributed by atoms with Gasteiger partial charge >= 0.3 is 5.97 Å². The molecule has 0 radical (unpaired) electrons. The molecule has 0 unspecified atom stereocenters. The molecule has 0 amide bonds. The Balaban J connectivity index is 2.45. The van der Waals surface area contributed by atoms with Crippen molar-refractivity contribution in [3.05, 3.63) is 0 Å². The minimum absolute atomic E-state index is 0.183. The Morgan fingerprint density at radius 3 is 2.38 bits per heavy atom. The highest BCUT2D eigenvalue weighted by Crippen LogP contribution is 2.31. The number of carboxylic acids is 1. The summed E-state index contributed by atoms with van der Waals surface area (Å²) < 4.78 is 0. The largest absolute Gasteiger partial charge is 0.480 e. The number of nitrogens with two attached hydrogens (primary N) is 1. The Kier molecular flexibility index (Phi) is 3.27. The summed E-state index contributed by atoms with van der Waals surface area (Å²) in [5.41, 5.74) is 4.55.